The van der Waals surface area contributed by atoms with Crippen molar-refractivity contribution >= 4 is 44.9 Å². The summed E-state index contributed by atoms with van der Waals surface area (Å²) in [5.74, 6) is -0.755. The van der Waals surface area contributed by atoms with E-state index in [1.54, 1.807) is 25.2 Å². The van der Waals surface area contributed by atoms with Gasteiger partial charge in [-0.1, -0.05) is 11.6 Å². The van der Waals surface area contributed by atoms with E-state index in [1.807, 2.05) is 0 Å². The Hall–Kier alpha value is -1.66. The van der Waals surface area contributed by atoms with Crippen LogP contribution in [-0.4, -0.2) is 17.9 Å². The number of amides is 1. The van der Waals surface area contributed by atoms with E-state index in [4.69, 9.17) is 11.6 Å². The van der Waals surface area contributed by atoms with E-state index in [9.17, 15) is 9.18 Å². The van der Waals surface area contributed by atoms with Crippen molar-refractivity contribution in [1.82, 2.24) is 4.98 Å². The molecule has 0 unspecified atom stereocenters. The standard InChI is InChI=1S/C13H10BrClFN3O/c1-17-12-9(4-7(16)6-18-12)13(20)19-8-2-3-10(14)11(15)5-8/h2-6H,1H3,(H,17,18)(H,19,20). The van der Waals surface area contributed by atoms with Crippen molar-refractivity contribution in [3.8, 4) is 0 Å². The first kappa shape index (κ1) is 14.7. The number of carbonyl (C=O) groups excluding carboxylic acids is 1. The van der Waals surface area contributed by atoms with E-state index in [0.717, 1.165) is 16.7 Å². The van der Waals surface area contributed by atoms with E-state index < -0.39 is 11.7 Å². The van der Waals surface area contributed by atoms with Crippen molar-refractivity contribution in [3.05, 3.63) is 51.3 Å². The van der Waals surface area contributed by atoms with Crippen LogP contribution in [0.1, 0.15) is 10.4 Å². The molecule has 1 heterocycles. The van der Waals surface area contributed by atoms with Gasteiger partial charge in [0.05, 0.1) is 16.8 Å². The van der Waals surface area contributed by atoms with Crippen LogP contribution in [0.4, 0.5) is 15.9 Å². The lowest BCUT2D eigenvalue weighted by molar-refractivity contribution is 0.102. The summed E-state index contributed by atoms with van der Waals surface area (Å²) in [6.45, 7) is 0. The maximum Gasteiger partial charge on any atom is 0.259 e. The largest absolute Gasteiger partial charge is 0.372 e. The van der Waals surface area contributed by atoms with Gasteiger partial charge in [-0.05, 0) is 40.2 Å². The predicted octanol–water partition coefficient (Wildman–Crippen LogP) is 3.93. The van der Waals surface area contributed by atoms with Crippen LogP contribution in [0.2, 0.25) is 5.02 Å². The first-order valence-corrected chi connectivity index (χ1v) is 6.78. The minimum atomic E-state index is -0.581. The fourth-order valence-corrected chi connectivity index (χ4v) is 2.01. The average molecular weight is 359 g/mol. The quantitative estimate of drug-likeness (QED) is 0.874. The Morgan fingerprint density at radius 1 is 1.40 bits per heavy atom. The molecule has 1 amide bonds. The van der Waals surface area contributed by atoms with Crippen molar-refractivity contribution < 1.29 is 9.18 Å². The molecular weight excluding hydrogens is 349 g/mol. The van der Waals surface area contributed by atoms with Crippen LogP contribution in [0.15, 0.2) is 34.9 Å². The molecule has 0 atom stereocenters. The topological polar surface area (TPSA) is 54.0 Å². The van der Waals surface area contributed by atoms with Crippen LogP contribution in [0, 0.1) is 5.82 Å². The third-order valence-electron chi connectivity index (χ3n) is 2.51. The molecular formula is C13H10BrClFN3O. The number of benzene rings is 1. The van der Waals surface area contributed by atoms with Crippen molar-refractivity contribution in [2.45, 2.75) is 0 Å². The summed E-state index contributed by atoms with van der Waals surface area (Å²) in [6, 6.07) is 6.10. The zero-order valence-electron chi connectivity index (χ0n) is 10.4. The van der Waals surface area contributed by atoms with Gasteiger partial charge in [-0.2, -0.15) is 0 Å². The number of hydrogen-bond donors (Lipinski definition) is 2. The van der Waals surface area contributed by atoms with Crippen LogP contribution < -0.4 is 10.6 Å². The molecule has 0 aliphatic rings. The van der Waals surface area contributed by atoms with E-state index in [1.165, 1.54) is 0 Å². The lowest BCUT2D eigenvalue weighted by Gasteiger charge is -2.09. The van der Waals surface area contributed by atoms with Gasteiger partial charge in [-0.3, -0.25) is 4.79 Å². The van der Waals surface area contributed by atoms with Gasteiger partial charge in [-0.15, -0.1) is 0 Å². The summed E-state index contributed by atoms with van der Waals surface area (Å²) >= 11 is 9.20. The predicted molar refractivity (Wildman–Crippen MR) is 80.8 cm³/mol. The first-order valence-electron chi connectivity index (χ1n) is 5.61. The number of carbonyl (C=O) groups is 1. The molecule has 0 aliphatic heterocycles. The molecule has 0 bridgehead atoms. The van der Waals surface area contributed by atoms with Crippen LogP contribution in [0.25, 0.3) is 0 Å². The summed E-state index contributed by atoms with van der Waals surface area (Å²) < 4.78 is 13.9. The molecule has 7 heteroatoms. The molecule has 0 aliphatic carbocycles. The Balaban J connectivity index is 2.27. The van der Waals surface area contributed by atoms with Crippen LogP contribution >= 0.6 is 27.5 Å². The summed E-state index contributed by atoms with van der Waals surface area (Å²) in [5.41, 5.74) is 0.626. The molecule has 104 valence electrons. The number of hydrogen-bond acceptors (Lipinski definition) is 3. The molecule has 0 radical (unpaired) electrons. The van der Waals surface area contributed by atoms with Crippen LogP contribution in [-0.2, 0) is 0 Å². The maximum atomic E-state index is 13.2. The summed E-state index contributed by atoms with van der Waals surface area (Å²) in [7, 11) is 1.60. The van der Waals surface area contributed by atoms with Crippen molar-refractivity contribution in [2.24, 2.45) is 0 Å². The minimum Gasteiger partial charge on any atom is -0.372 e. The number of aromatic nitrogens is 1. The van der Waals surface area contributed by atoms with Gasteiger partial charge in [0.15, 0.2) is 0 Å². The summed E-state index contributed by atoms with van der Waals surface area (Å²) in [4.78, 5) is 15.9. The van der Waals surface area contributed by atoms with E-state index in [0.29, 0.717) is 16.5 Å². The van der Waals surface area contributed by atoms with Crippen molar-refractivity contribution in [2.75, 3.05) is 17.7 Å². The first-order chi connectivity index (χ1) is 9.51. The number of anilines is 2. The maximum absolute atomic E-state index is 13.2. The van der Waals surface area contributed by atoms with Gasteiger partial charge in [-0.25, -0.2) is 9.37 Å². The van der Waals surface area contributed by atoms with Crippen LogP contribution in [0.5, 0.6) is 0 Å². The molecule has 0 saturated heterocycles. The molecule has 20 heavy (non-hydrogen) atoms. The molecule has 0 saturated carbocycles. The zero-order chi connectivity index (χ0) is 14.7. The molecule has 0 spiro atoms. The highest BCUT2D eigenvalue weighted by molar-refractivity contribution is 9.10. The number of rotatable bonds is 3. The Labute approximate surface area is 128 Å². The third-order valence-corrected chi connectivity index (χ3v) is 3.75. The van der Waals surface area contributed by atoms with Gasteiger partial charge in [0.25, 0.3) is 5.91 Å². The summed E-state index contributed by atoms with van der Waals surface area (Å²) in [6.07, 6.45) is 1.04. The van der Waals surface area contributed by atoms with Crippen molar-refractivity contribution in [3.63, 3.8) is 0 Å². The summed E-state index contributed by atoms with van der Waals surface area (Å²) in [5, 5.41) is 5.84. The highest BCUT2D eigenvalue weighted by atomic mass is 79.9. The highest BCUT2D eigenvalue weighted by Gasteiger charge is 2.14. The van der Waals surface area contributed by atoms with Gasteiger partial charge >= 0.3 is 0 Å². The highest BCUT2D eigenvalue weighted by Crippen LogP contribution is 2.26. The van der Waals surface area contributed by atoms with E-state index in [-0.39, 0.29) is 5.56 Å². The van der Waals surface area contributed by atoms with Crippen LogP contribution in [0.3, 0.4) is 0 Å². The number of nitrogens with zero attached hydrogens (tertiary/aromatic N) is 1. The Morgan fingerprint density at radius 2 is 2.15 bits per heavy atom. The number of halogens is 3. The fourth-order valence-electron chi connectivity index (χ4n) is 1.58. The lowest BCUT2D eigenvalue weighted by Crippen LogP contribution is -2.15. The Bertz CT molecular complexity index is 666. The number of nitrogens with one attached hydrogen (secondary N) is 2. The Kier molecular flexibility index (Phi) is 4.57. The molecule has 4 nitrogen and oxygen atoms in total. The second kappa shape index (κ2) is 6.19. The van der Waals surface area contributed by atoms with Crippen molar-refractivity contribution in [1.29, 1.82) is 0 Å². The monoisotopic (exact) mass is 357 g/mol. The minimum absolute atomic E-state index is 0.117. The lowest BCUT2D eigenvalue weighted by atomic mass is 10.2. The van der Waals surface area contributed by atoms with Gasteiger partial charge in [0.2, 0.25) is 0 Å². The molecule has 2 rings (SSSR count). The van der Waals surface area contributed by atoms with E-state index in [2.05, 4.69) is 31.5 Å². The van der Waals surface area contributed by atoms with E-state index >= 15 is 0 Å². The normalized spacial score (nSPS) is 10.2. The molecule has 0 fully saturated rings. The number of pyridine rings is 1. The smallest absolute Gasteiger partial charge is 0.259 e. The molecule has 1 aromatic carbocycles. The van der Waals surface area contributed by atoms with Gasteiger partial charge < -0.3 is 10.6 Å². The molecule has 2 aromatic rings. The SMILES string of the molecule is CNc1ncc(F)cc1C(=O)Nc1ccc(Br)c(Cl)c1. The third kappa shape index (κ3) is 3.26. The van der Waals surface area contributed by atoms with Gasteiger partial charge in [0.1, 0.15) is 11.6 Å². The second-order valence-corrected chi connectivity index (χ2v) is 5.14. The molecule has 1 aromatic heterocycles. The Morgan fingerprint density at radius 3 is 2.80 bits per heavy atom. The molecule has 2 N–H and O–H groups in total. The second-order valence-electron chi connectivity index (χ2n) is 3.88. The average Bonchev–Trinajstić information content (AvgIpc) is 2.43. The zero-order valence-corrected chi connectivity index (χ0v) is 12.7. The fraction of sp³-hybridized carbons (Fsp3) is 0.0769. The van der Waals surface area contributed by atoms with Gasteiger partial charge in [0, 0.05) is 17.2 Å².